The standard InChI is InChI=1S/C17H20N2O/c1-12(2)17(9-7-16(20)19-17)11-13-8-10-18-15-6-4-3-5-14(13)15/h3-6,8,10,12H,7,9,11H2,1-2H3,(H,19,20). The molecule has 0 aliphatic carbocycles. The summed E-state index contributed by atoms with van der Waals surface area (Å²) in [4.78, 5) is 16.1. The molecule has 1 saturated heterocycles. The molecule has 1 aliphatic heterocycles. The monoisotopic (exact) mass is 268 g/mol. The Kier molecular flexibility index (Phi) is 3.20. The lowest BCUT2D eigenvalue weighted by Gasteiger charge is -2.34. The zero-order chi connectivity index (χ0) is 14.2. The van der Waals surface area contributed by atoms with E-state index in [4.69, 9.17) is 0 Å². The first-order chi connectivity index (χ1) is 9.61. The van der Waals surface area contributed by atoms with Crippen molar-refractivity contribution in [3.63, 3.8) is 0 Å². The van der Waals surface area contributed by atoms with Crippen LogP contribution < -0.4 is 5.32 Å². The molecule has 2 heterocycles. The van der Waals surface area contributed by atoms with Crippen LogP contribution in [-0.4, -0.2) is 16.4 Å². The van der Waals surface area contributed by atoms with Crippen molar-refractivity contribution in [3.8, 4) is 0 Å². The van der Waals surface area contributed by atoms with Crippen LogP contribution >= 0.6 is 0 Å². The molecule has 1 aromatic carbocycles. The average molecular weight is 268 g/mol. The van der Waals surface area contributed by atoms with E-state index in [0.29, 0.717) is 12.3 Å². The van der Waals surface area contributed by atoms with E-state index in [9.17, 15) is 4.79 Å². The molecular formula is C17H20N2O. The van der Waals surface area contributed by atoms with E-state index in [1.807, 2.05) is 24.4 Å². The summed E-state index contributed by atoms with van der Waals surface area (Å²) in [5.41, 5.74) is 2.18. The van der Waals surface area contributed by atoms with E-state index in [2.05, 4.69) is 36.3 Å². The molecule has 2 aromatic rings. The van der Waals surface area contributed by atoms with Crippen LogP contribution in [0.1, 0.15) is 32.3 Å². The number of nitrogens with zero attached hydrogens (tertiary/aromatic N) is 1. The number of amides is 1. The summed E-state index contributed by atoms with van der Waals surface area (Å²) in [5, 5.41) is 4.41. The average Bonchev–Trinajstić information content (AvgIpc) is 2.82. The number of aromatic nitrogens is 1. The SMILES string of the molecule is CC(C)C1(Cc2ccnc3ccccc23)CCC(=O)N1. The number of benzene rings is 1. The Hall–Kier alpha value is -1.90. The lowest BCUT2D eigenvalue weighted by Crippen LogP contribution is -2.48. The topological polar surface area (TPSA) is 42.0 Å². The van der Waals surface area contributed by atoms with Gasteiger partial charge in [0.25, 0.3) is 0 Å². The van der Waals surface area contributed by atoms with Gasteiger partial charge in [0.05, 0.1) is 5.52 Å². The number of fused-ring (bicyclic) bond motifs is 1. The molecule has 1 N–H and O–H groups in total. The maximum Gasteiger partial charge on any atom is 0.220 e. The molecule has 0 saturated carbocycles. The van der Waals surface area contributed by atoms with Gasteiger partial charge in [-0.3, -0.25) is 9.78 Å². The predicted molar refractivity (Wildman–Crippen MR) is 80.4 cm³/mol. The molecule has 1 amide bonds. The number of hydrogen-bond acceptors (Lipinski definition) is 2. The fourth-order valence-electron chi connectivity index (χ4n) is 3.16. The number of pyridine rings is 1. The van der Waals surface area contributed by atoms with Gasteiger partial charge in [0.2, 0.25) is 5.91 Å². The van der Waals surface area contributed by atoms with Crippen LogP contribution in [0.15, 0.2) is 36.5 Å². The minimum atomic E-state index is -0.110. The molecule has 1 fully saturated rings. The Balaban J connectivity index is 2.01. The maximum atomic E-state index is 11.7. The van der Waals surface area contributed by atoms with Crippen LogP contribution in [0.2, 0.25) is 0 Å². The lowest BCUT2D eigenvalue weighted by atomic mass is 9.79. The van der Waals surface area contributed by atoms with E-state index in [0.717, 1.165) is 18.4 Å². The number of rotatable bonds is 3. The van der Waals surface area contributed by atoms with E-state index in [1.165, 1.54) is 10.9 Å². The molecule has 0 bridgehead atoms. The fourth-order valence-corrected chi connectivity index (χ4v) is 3.16. The van der Waals surface area contributed by atoms with Gasteiger partial charge >= 0.3 is 0 Å². The second kappa shape index (κ2) is 4.89. The summed E-state index contributed by atoms with van der Waals surface area (Å²) < 4.78 is 0. The van der Waals surface area contributed by atoms with Gasteiger partial charge in [-0.25, -0.2) is 0 Å². The van der Waals surface area contributed by atoms with Gasteiger partial charge in [-0.05, 0) is 36.5 Å². The van der Waals surface area contributed by atoms with Crippen LogP contribution in [0, 0.1) is 5.92 Å². The van der Waals surface area contributed by atoms with E-state index in [1.54, 1.807) is 0 Å². The molecule has 0 radical (unpaired) electrons. The molecule has 1 aromatic heterocycles. The number of hydrogen-bond donors (Lipinski definition) is 1. The molecule has 104 valence electrons. The van der Waals surface area contributed by atoms with Gasteiger partial charge in [0.1, 0.15) is 0 Å². The molecule has 0 spiro atoms. The van der Waals surface area contributed by atoms with Crippen molar-refractivity contribution in [2.75, 3.05) is 0 Å². The molecule has 3 heteroatoms. The Bertz CT molecular complexity index is 645. The van der Waals surface area contributed by atoms with Crippen molar-refractivity contribution in [1.29, 1.82) is 0 Å². The minimum Gasteiger partial charge on any atom is -0.350 e. The summed E-state index contributed by atoms with van der Waals surface area (Å²) >= 11 is 0. The van der Waals surface area contributed by atoms with E-state index >= 15 is 0 Å². The molecule has 3 rings (SSSR count). The number of carbonyl (C=O) groups is 1. The highest BCUT2D eigenvalue weighted by atomic mass is 16.2. The van der Waals surface area contributed by atoms with Crippen molar-refractivity contribution >= 4 is 16.8 Å². The Morgan fingerprint density at radius 3 is 2.80 bits per heavy atom. The van der Waals surface area contributed by atoms with Crippen LogP contribution in [-0.2, 0) is 11.2 Å². The summed E-state index contributed by atoms with van der Waals surface area (Å²) in [7, 11) is 0. The molecule has 1 aliphatic rings. The summed E-state index contributed by atoms with van der Waals surface area (Å²) in [5.74, 6) is 0.595. The molecule has 1 unspecified atom stereocenters. The highest BCUT2D eigenvalue weighted by Crippen LogP contribution is 2.33. The number of nitrogens with one attached hydrogen (secondary N) is 1. The van der Waals surface area contributed by atoms with Gasteiger partial charge in [-0.2, -0.15) is 0 Å². The van der Waals surface area contributed by atoms with Crippen molar-refractivity contribution in [3.05, 3.63) is 42.1 Å². The second-order valence-corrected chi connectivity index (χ2v) is 6.02. The van der Waals surface area contributed by atoms with Gasteiger partial charge < -0.3 is 5.32 Å². The lowest BCUT2D eigenvalue weighted by molar-refractivity contribution is -0.120. The second-order valence-electron chi connectivity index (χ2n) is 6.02. The van der Waals surface area contributed by atoms with Crippen molar-refractivity contribution in [2.45, 2.75) is 38.6 Å². The third kappa shape index (κ3) is 2.17. The quantitative estimate of drug-likeness (QED) is 0.929. The molecule has 20 heavy (non-hydrogen) atoms. The van der Waals surface area contributed by atoms with Crippen LogP contribution in [0.4, 0.5) is 0 Å². The largest absolute Gasteiger partial charge is 0.350 e. The number of para-hydroxylation sites is 1. The Labute approximate surface area is 119 Å². The Morgan fingerprint density at radius 1 is 1.30 bits per heavy atom. The minimum absolute atomic E-state index is 0.110. The van der Waals surface area contributed by atoms with Crippen LogP contribution in [0.25, 0.3) is 10.9 Å². The first-order valence-corrected chi connectivity index (χ1v) is 7.24. The Morgan fingerprint density at radius 2 is 2.10 bits per heavy atom. The van der Waals surface area contributed by atoms with Gasteiger partial charge in [0.15, 0.2) is 0 Å². The fraction of sp³-hybridized carbons (Fsp3) is 0.412. The maximum absolute atomic E-state index is 11.7. The van der Waals surface area contributed by atoms with E-state index in [-0.39, 0.29) is 11.4 Å². The normalized spacial score (nSPS) is 22.4. The van der Waals surface area contributed by atoms with Crippen molar-refractivity contribution < 1.29 is 4.79 Å². The first-order valence-electron chi connectivity index (χ1n) is 7.24. The van der Waals surface area contributed by atoms with Gasteiger partial charge in [0, 0.05) is 23.5 Å². The molecule has 3 nitrogen and oxygen atoms in total. The summed E-state index contributed by atoms with van der Waals surface area (Å²) in [6, 6.07) is 10.3. The predicted octanol–water partition coefficient (Wildman–Crippen LogP) is 3.08. The van der Waals surface area contributed by atoms with Crippen LogP contribution in [0.3, 0.4) is 0 Å². The highest BCUT2D eigenvalue weighted by molar-refractivity contribution is 5.83. The van der Waals surface area contributed by atoms with Crippen LogP contribution in [0.5, 0.6) is 0 Å². The van der Waals surface area contributed by atoms with E-state index < -0.39 is 0 Å². The zero-order valence-corrected chi connectivity index (χ0v) is 12.0. The third-order valence-electron chi connectivity index (χ3n) is 4.54. The first kappa shape index (κ1) is 13.1. The van der Waals surface area contributed by atoms with Gasteiger partial charge in [-0.1, -0.05) is 32.0 Å². The molecular weight excluding hydrogens is 248 g/mol. The summed E-state index contributed by atoms with van der Waals surface area (Å²) in [6.07, 6.45) is 4.29. The smallest absolute Gasteiger partial charge is 0.220 e. The number of carbonyl (C=O) groups excluding carboxylic acids is 1. The third-order valence-corrected chi connectivity index (χ3v) is 4.54. The summed E-state index contributed by atoms with van der Waals surface area (Å²) in [6.45, 7) is 4.38. The van der Waals surface area contributed by atoms with Gasteiger partial charge in [-0.15, -0.1) is 0 Å². The molecule has 1 atom stereocenters. The van der Waals surface area contributed by atoms with Crippen molar-refractivity contribution in [1.82, 2.24) is 10.3 Å². The van der Waals surface area contributed by atoms with Crippen molar-refractivity contribution in [2.24, 2.45) is 5.92 Å². The highest BCUT2D eigenvalue weighted by Gasteiger charge is 2.40. The zero-order valence-electron chi connectivity index (χ0n) is 12.0.